The average Bonchev–Trinajstić information content (AvgIpc) is 2.72. The molecule has 0 radical (unpaired) electrons. The molecule has 5 heteroatoms. The highest BCUT2D eigenvalue weighted by Gasteiger charge is 2.27. The van der Waals surface area contributed by atoms with Gasteiger partial charge >= 0.3 is 0 Å². The third-order valence-corrected chi connectivity index (χ3v) is 5.79. The van der Waals surface area contributed by atoms with E-state index in [4.69, 9.17) is 0 Å². The van der Waals surface area contributed by atoms with E-state index < -0.39 is 6.04 Å². The fraction of sp³-hybridized carbons (Fsp3) is 0.417. The summed E-state index contributed by atoms with van der Waals surface area (Å²) < 4.78 is 0. The second kappa shape index (κ2) is 12.3. The Morgan fingerprint density at radius 1 is 1.03 bits per heavy atom. The molecule has 2 amide bonds. The Hall–Kier alpha value is -2.27. The largest absolute Gasteiger partial charge is 0.355 e. The fourth-order valence-electron chi connectivity index (χ4n) is 3.33. The van der Waals surface area contributed by atoms with Crippen molar-refractivity contribution in [1.82, 2.24) is 10.2 Å². The summed E-state index contributed by atoms with van der Waals surface area (Å²) in [5.74, 6) is 1.12. The number of amides is 2. The van der Waals surface area contributed by atoms with Crippen molar-refractivity contribution in [2.45, 2.75) is 45.4 Å². The van der Waals surface area contributed by atoms with Crippen molar-refractivity contribution in [2.24, 2.45) is 0 Å². The first-order chi connectivity index (χ1) is 14.0. The van der Waals surface area contributed by atoms with Crippen molar-refractivity contribution in [3.63, 3.8) is 0 Å². The number of hydrogen-bond donors (Lipinski definition) is 1. The Labute approximate surface area is 179 Å². The van der Waals surface area contributed by atoms with Gasteiger partial charge in [-0.2, -0.15) is 0 Å². The highest BCUT2D eigenvalue weighted by molar-refractivity contribution is 7.99. The van der Waals surface area contributed by atoms with Crippen LogP contribution in [-0.4, -0.2) is 41.6 Å². The molecule has 2 aromatic carbocycles. The number of carbonyl (C=O) groups is 2. The Bertz CT molecular complexity index is 779. The van der Waals surface area contributed by atoms with E-state index in [1.54, 1.807) is 16.7 Å². The van der Waals surface area contributed by atoms with Crippen LogP contribution >= 0.6 is 11.8 Å². The van der Waals surface area contributed by atoms with E-state index in [0.29, 0.717) is 25.3 Å². The average molecular weight is 413 g/mol. The maximum absolute atomic E-state index is 13.1. The minimum absolute atomic E-state index is 0.0247. The van der Waals surface area contributed by atoms with Gasteiger partial charge in [-0.05, 0) is 37.8 Å². The van der Waals surface area contributed by atoms with Crippen LogP contribution in [0.25, 0.3) is 0 Å². The molecule has 2 rings (SSSR count). The summed E-state index contributed by atoms with van der Waals surface area (Å²) in [6.07, 6.45) is 1.35. The van der Waals surface area contributed by atoms with E-state index in [-0.39, 0.29) is 11.8 Å². The number of likely N-dealkylation sites (N-methyl/N-ethyl adjacent to an activating group) is 1. The second-order valence-electron chi connectivity index (χ2n) is 7.12. The van der Waals surface area contributed by atoms with Crippen molar-refractivity contribution in [3.05, 3.63) is 71.3 Å². The zero-order valence-corrected chi connectivity index (χ0v) is 18.5. The number of hydrogen-bond acceptors (Lipinski definition) is 3. The molecule has 0 saturated heterocycles. The molecule has 29 heavy (non-hydrogen) atoms. The lowest BCUT2D eigenvalue weighted by Gasteiger charge is -2.30. The number of nitrogens with one attached hydrogen (secondary N) is 1. The molecule has 0 bridgehead atoms. The van der Waals surface area contributed by atoms with Crippen molar-refractivity contribution in [1.29, 1.82) is 0 Å². The smallest absolute Gasteiger partial charge is 0.242 e. The number of nitrogens with zero attached hydrogens (tertiary/aromatic N) is 1. The minimum Gasteiger partial charge on any atom is -0.355 e. The van der Waals surface area contributed by atoms with Crippen molar-refractivity contribution in [3.8, 4) is 0 Å². The number of benzene rings is 2. The molecule has 0 fully saturated rings. The first kappa shape index (κ1) is 23.0. The molecule has 4 nitrogen and oxygen atoms in total. The van der Waals surface area contributed by atoms with Crippen LogP contribution in [0.5, 0.6) is 0 Å². The Morgan fingerprint density at radius 3 is 2.41 bits per heavy atom. The SMILES string of the molecule is CCNC(=O)[C@H](CC)N(CCc1ccccc1)C(=O)CSCc1cccc(C)c1. The molecule has 1 atom stereocenters. The van der Waals surface area contributed by atoms with Gasteiger partial charge in [0.05, 0.1) is 5.75 Å². The van der Waals surface area contributed by atoms with Gasteiger partial charge in [0.1, 0.15) is 6.04 Å². The molecule has 0 spiro atoms. The van der Waals surface area contributed by atoms with E-state index in [2.05, 4.69) is 42.6 Å². The van der Waals surface area contributed by atoms with E-state index in [0.717, 1.165) is 12.2 Å². The van der Waals surface area contributed by atoms with Gasteiger partial charge in [0.25, 0.3) is 0 Å². The maximum Gasteiger partial charge on any atom is 0.242 e. The Morgan fingerprint density at radius 2 is 1.76 bits per heavy atom. The quantitative estimate of drug-likeness (QED) is 0.601. The van der Waals surface area contributed by atoms with Gasteiger partial charge in [0.15, 0.2) is 0 Å². The number of thioether (sulfide) groups is 1. The van der Waals surface area contributed by atoms with Gasteiger partial charge in [-0.25, -0.2) is 0 Å². The van der Waals surface area contributed by atoms with Crippen LogP contribution in [0.3, 0.4) is 0 Å². The summed E-state index contributed by atoms with van der Waals surface area (Å²) in [6.45, 7) is 7.05. The summed E-state index contributed by atoms with van der Waals surface area (Å²) in [6, 6.07) is 18.0. The Kier molecular flexibility index (Phi) is 9.78. The van der Waals surface area contributed by atoms with E-state index in [1.807, 2.05) is 38.1 Å². The maximum atomic E-state index is 13.1. The summed E-state index contributed by atoms with van der Waals surface area (Å²) in [5, 5.41) is 2.88. The molecule has 0 aliphatic rings. The van der Waals surface area contributed by atoms with Crippen LogP contribution < -0.4 is 5.32 Å². The molecule has 0 heterocycles. The van der Waals surface area contributed by atoms with Crippen LogP contribution in [0.2, 0.25) is 0 Å². The van der Waals surface area contributed by atoms with Crippen LogP contribution in [0.1, 0.15) is 37.0 Å². The summed E-state index contributed by atoms with van der Waals surface area (Å²) in [7, 11) is 0. The van der Waals surface area contributed by atoms with Gasteiger partial charge in [-0.3, -0.25) is 9.59 Å². The Balaban J connectivity index is 2.03. The summed E-state index contributed by atoms with van der Waals surface area (Å²) >= 11 is 1.60. The highest BCUT2D eigenvalue weighted by Crippen LogP contribution is 2.16. The van der Waals surface area contributed by atoms with Crippen LogP contribution in [-0.2, 0) is 21.8 Å². The molecular weight excluding hydrogens is 380 g/mol. The van der Waals surface area contributed by atoms with Crippen LogP contribution in [0, 0.1) is 6.92 Å². The minimum atomic E-state index is -0.425. The van der Waals surface area contributed by atoms with Gasteiger partial charge in [0, 0.05) is 18.8 Å². The lowest BCUT2D eigenvalue weighted by Crippen LogP contribution is -2.50. The lowest BCUT2D eigenvalue weighted by molar-refractivity contribution is -0.138. The predicted molar refractivity (Wildman–Crippen MR) is 122 cm³/mol. The van der Waals surface area contributed by atoms with E-state index in [9.17, 15) is 9.59 Å². The molecule has 0 aromatic heterocycles. The number of carbonyl (C=O) groups excluding carboxylic acids is 2. The molecule has 0 saturated carbocycles. The molecule has 0 aliphatic heterocycles. The summed E-state index contributed by atoms with van der Waals surface area (Å²) in [5.41, 5.74) is 3.61. The number of rotatable bonds is 11. The molecule has 156 valence electrons. The highest BCUT2D eigenvalue weighted by atomic mass is 32.2. The standard InChI is InChI=1S/C24H32N2O2S/c1-4-22(24(28)25-5-2)26(15-14-20-11-7-6-8-12-20)23(27)18-29-17-21-13-9-10-19(3)16-21/h6-13,16,22H,4-5,14-15,17-18H2,1-3H3,(H,25,28)/t22-/m0/s1. The molecule has 1 N–H and O–H groups in total. The number of aryl methyl sites for hydroxylation is 1. The zero-order valence-electron chi connectivity index (χ0n) is 17.7. The molecular formula is C24H32N2O2S. The first-order valence-electron chi connectivity index (χ1n) is 10.3. The van der Waals surface area contributed by atoms with Crippen LogP contribution in [0.4, 0.5) is 0 Å². The third-order valence-electron chi connectivity index (χ3n) is 4.80. The van der Waals surface area contributed by atoms with Gasteiger partial charge in [0.2, 0.25) is 11.8 Å². The molecule has 0 aliphatic carbocycles. The molecule has 2 aromatic rings. The fourth-order valence-corrected chi connectivity index (χ4v) is 4.19. The second-order valence-corrected chi connectivity index (χ2v) is 8.11. The van der Waals surface area contributed by atoms with Gasteiger partial charge in [-0.15, -0.1) is 11.8 Å². The van der Waals surface area contributed by atoms with E-state index in [1.165, 1.54) is 16.7 Å². The first-order valence-corrected chi connectivity index (χ1v) is 11.4. The predicted octanol–water partition coefficient (Wildman–Crippen LogP) is 4.21. The lowest BCUT2D eigenvalue weighted by atomic mass is 10.1. The summed E-state index contributed by atoms with van der Waals surface area (Å²) in [4.78, 5) is 27.4. The van der Waals surface area contributed by atoms with Crippen molar-refractivity contribution in [2.75, 3.05) is 18.8 Å². The third kappa shape index (κ3) is 7.58. The van der Waals surface area contributed by atoms with Crippen molar-refractivity contribution >= 4 is 23.6 Å². The van der Waals surface area contributed by atoms with Gasteiger partial charge in [-0.1, -0.05) is 67.1 Å². The van der Waals surface area contributed by atoms with Gasteiger partial charge < -0.3 is 10.2 Å². The topological polar surface area (TPSA) is 49.4 Å². The normalized spacial score (nSPS) is 11.7. The monoisotopic (exact) mass is 412 g/mol. The zero-order chi connectivity index (χ0) is 21.1. The van der Waals surface area contributed by atoms with Crippen LogP contribution in [0.15, 0.2) is 54.6 Å². The molecule has 0 unspecified atom stereocenters. The van der Waals surface area contributed by atoms with E-state index >= 15 is 0 Å². The van der Waals surface area contributed by atoms with Crippen molar-refractivity contribution < 1.29 is 9.59 Å².